The molecule has 0 radical (unpaired) electrons. The van der Waals surface area contributed by atoms with Crippen molar-refractivity contribution < 1.29 is 27.9 Å². The molecule has 5 nitrogen and oxygen atoms in total. The van der Waals surface area contributed by atoms with Crippen molar-refractivity contribution in [3.05, 3.63) is 57.9 Å². The minimum atomic E-state index is -1.33. The van der Waals surface area contributed by atoms with Crippen molar-refractivity contribution >= 4 is 39.1 Å². The molecule has 0 spiro atoms. The quantitative estimate of drug-likeness (QED) is 0.642. The summed E-state index contributed by atoms with van der Waals surface area (Å²) in [7, 11) is 0. The number of anilines is 1. The number of halogens is 3. The van der Waals surface area contributed by atoms with E-state index < -0.39 is 40.8 Å². The highest BCUT2D eigenvalue weighted by Gasteiger charge is 2.35. The van der Waals surface area contributed by atoms with Crippen LogP contribution >= 0.6 is 11.3 Å². The fraction of sp³-hybridized carbons (Fsp3) is 0.250. The van der Waals surface area contributed by atoms with Gasteiger partial charge in [-0.25, -0.2) is 18.2 Å². The molecule has 1 unspecified atom stereocenters. The van der Waals surface area contributed by atoms with Crippen LogP contribution in [0.5, 0.6) is 0 Å². The molecule has 1 atom stereocenters. The number of rotatable bonds is 4. The minimum Gasteiger partial charge on any atom is -0.481 e. The summed E-state index contributed by atoms with van der Waals surface area (Å²) >= 11 is 0.833. The number of hydrogen-bond donors (Lipinski definition) is 1. The molecule has 1 aliphatic rings. The fourth-order valence-electron chi connectivity index (χ4n) is 3.55. The molecule has 1 N–H and O–H groups in total. The standard InChI is InChI=1S/C20H15F3N2O3S/c1-9-2-3-10-5-11(6-16(26)27)20(28)25(14(10)4-9)8-15-24-18-17(23)12(21)7-13(22)19(18)29-15/h2-4,7,11H,5-6,8H2,1H3,(H,26,27). The predicted molar refractivity (Wildman–Crippen MR) is 101 cm³/mol. The van der Waals surface area contributed by atoms with Crippen LogP contribution in [-0.4, -0.2) is 22.0 Å². The Morgan fingerprint density at radius 2 is 2.03 bits per heavy atom. The van der Waals surface area contributed by atoms with Crippen LogP contribution in [0.2, 0.25) is 0 Å². The van der Waals surface area contributed by atoms with Crippen LogP contribution < -0.4 is 4.90 Å². The summed E-state index contributed by atoms with van der Waals surface area (Å²) in [4.78, 5) is 29.5. The summed E-state index contributed by atoms with van der Waals surface area (Å²) in [5.74, 6) is -5.72. The van der Waals surface area contributed by atoms with Gasteiger partial charge in [-0.3, -0.25) is 9.59 Å². The number of carbonyl (C=O) groups is 2. The summed E-state index contributed by atoms with van der Waals surface area (Å²) in [5.41, 5.74) is 1.91. The van der Waals surface area contributed by atoms with Crippen LogP contribution in [0.3, 0.4) is 0 Å². The number of aliphatic carboxylic acids is 1. The van der Waals surface area contributed by atoms with Gasteiger partial charge in [0.2, 0.25) is 5.91 Å². The topological polar surface area (TPSA) is 70.5 Å². The second-order valence-corrected chi connectivity index (χ2v) is 8.08. The number of carboxylic acid groups (broad SMARTS) is 1. The maximum atomic E-state index is 14.0. The molecule has 1 aliphatic heterocycles. The van der Waals surface area contributed by atoms with E-state index in [1.54, 1.807) is 6.07 Å². The highest BCUT2D eigenvalue weighted by Crippen LogP contribution is 2.36. The van der Waals surface area contributed by atoms with Crippen molar-refractivity contribution in [3.63, 3.8) is 0 Å². The van der Waals surface area contributed by atoms with E-state index in [9.17, 15) is 22.8 Å². The zero-order valence-corrected chi connectivity index (χ0v) is 16.0. The van der Waals surface area contributed by atoms with Crippen molar-refractivity contribution in [2.75, 3.05) is 4.90 Å². The number of carbonyl (C=O) groups excluding carboxylic acids is 1. The van der Waals surface area contributed by atoms with Crippen LogP contribution in [0.15, 0.2) is 24.3 Å². The Bertz CT molecular complexity index is 1160. The lowest BCUT2D eigenvalue weighted by Gasteiger charge is -2.33. The molecule has 3 aromatic rings. The molecule has 1 amide bonds. The minimum absolute atomic E-state index is 0.0920. The lowest BCUT2D eigenvalue weighted by molar-refractivity contribution is -0.140. The van der Waals surface area contributed by atoms with Crippen LogP contribution in [0.4, 0.5) is 18.9 Å². The van der Waals surface area contributed by atoms with Crippen molar-refractivity contribution in [2.45, 2.75) is 26.3 Å². The van der Waals surface area contributed by atoms with Gasteiger partial charge < -0.3 is 10.0 Å². The van der Waals surface area contributed by atoms with Crippen molar-refractivity contribution in [1.82, 2.24) is 4.98 Å². The predicted octanol–water partition coefficient (Wildman–Crippen LogP) is 4.20. The number of thiazole rings is 1. The first kappa shape index (κ1) is 19.4. The molecule has 150 valence electrons. The number of nitrogens with zero attached hydrogens (tertiary/aromatic N) is 2. The lowest BCUT2D eigenvalue weighted by atomic mass is 9.88. The van der Waals surface area contributed by atoms with Gasteiger partial charge in [0.25, 0.3) is 0 Å². The van der Waals surface area contributed by atoms with E-state index in [2.05, 4.69) is 4.98 Å². The molecule has 29 heavy (non-hydrogen) atoms. The van der Waals surface area contributed by atoms with E-state index in [-0.39, 0.29) is 22.7 Å². The molecule has 9 heteroatoms. The highest BCUT2D eigenvalue weighted by molar-refractivity contribution is 7.18. The second-order valence-electron chi connectivity index (χ2n) is 6.99. The summed E-state index contributed by atoms with van der Waals surface area (Å²) < 4.78 is 41.4. The average Bonchev–Trinajstić information content (AvgIpc) is 3.08. The Hall–Kier alpha value is -2.94. The maximum absolute atomic E-state index is 14.0. The SMILES string of the molecule is Cc1ccc2c(c1)N(Cc1nc3c(F)c(F)cc(F)c3s1)C(=O)C(CC(=O)O)C2. The molecule has 0 fully saturated rings. The van der Waals surface area contributed by atoms with E-state index in [1.165, 1.54) is 4.90 Å². The van der Waals surface area contributed by atoms with Gasteiger partial charge in [0.1, 0.15) is 16.3 Å². The third-order valence-electron chi connectivity index (χ3n) is 4.89. The molecule has 0 saturated heterocycles. The maximum Gasteiger partial charge on any atom is 0.304 e. The zero-order chi connectivity index (χ0) is 20.9. The van der Waals surface area contributed by atoms with Crippen LogP contribution in [0, 0.1) is 30.3 Å². The smallest absolute Gasteiger partial charge is 0.304 e. The van der Waals surface area contributed by atoms with Crippen molar-refractivity contribution in [3.8, 4) is 0 Å². The van der Waals surface area contributed by atoms with Crippen molar-refractivity contribution in [2.24, 2.45) is 5.92 Å². The number of aromatic nitrogens is 1. The molecular formula is C20H15F3N2O3S. The number of fused-ring (bicyclic) bond motifs is 2. The lowest BCUT2D eigenvalue weighted by Crippen LogP contribution is -2.41. The number of amides is 1. The number of carboxylic acids is 1. The third kappa shape index (κ3) is 3.46. The first-order valence-electron chi connectivity index (χ1n) is 8.80. The average molecular weight is 420 g/mol. The molecule has 1 aromatic heterocycles. The van der Waals surface area contributed by atoms with E-state index in [4.69, 9.17) is 5.11 Å². The highest BCUT2D eigenvalue weighted by atomic mass is 32.1. The normalized spacial score (nSPS) is 16.3. The molecule has 2 aromatic carbocycles. The summed E-state index contributed by atoms with van der Waals surface area (Å²) in [5, 5.41) is 9.36. The molecule has 4 rings (SSSR count). The van der Waals surface area contributed by atoms with Crippen LogP contribution in [0.25, 0.3) is 10.2 Å². The van der Waals surface area contributed by atoms with Gasteiger partial charge in [0, 0.05) is 11.8 Å². The number of aryl methyl sites for hydroxylation is 1. The molecule has 2 heterocycles. The first-order chi connectivity index (χ1) is 13.7. The Morgan fingerprint density at radius 1 is 1.28 bits per heavy atom. The monoisotopic (exact) mass is 420 g/mol. The van der Waals surface area contributed by atoms with Crippen LogP contribution in [-0.2, 0) is 22.6 Å². The van der Waals surface area contributed by atoms with Gasteiger partial charge in [0.15, 0.2) is 11.6 Å². The second kappa shape index (κ2) is 7.14. The van der Waals surface area contributed by atoms with Gasteiger partial charge in [0.05, 0.1) is 23.6 Å². The van der Waals surface area contributed by atoms with Gasteiger partial charge in [-0.05, 0) is 30.5 Å². The van der Waals surface area contributed by atoms with Gasteiger partial charge in [-0.2, -0.15) is 0 Å². The Morgan fingerprint density at radius 3 is 2.76 bits per heavy atom. The van der Waals surface area contributed by atoms with E-state index in [0.29, 0.717) is 18.2 Å². The van der Waals surface area contributed by atoms with Gasteiger partial charge in [-0.15, -0.1) is 11.3 Å². The Labute approximate surface area is 167 Å². The number of hydrogen-bond acceptors (Lipinski definition) is 4. The fourth-order valence-corrected chi connectivity index (χ4v) is 4.51. The molecule has 0 aliphatic carbocycles. The molecular weight excluding hydrogens is 405 g/mol. The van der Waals surface area contributed by atoms with E-state index in [0.717, 1.165) is 22.5 Å². The third-order valence-corrected chi connectivity index (χ3v) is 5.94. The Kier molecular flexibility index (Phi) is 4.77. The van der Waals surface area contributed by atoms with E-state index >= 15 is 0 Å². The van der Waals surface area contributed by atoms with Crippen LogP contribution in [0.1, 0.15) is 22.6 Å². The molecule has 0 saturated carbocycles. The van der Waals surface area contributed by atoms with Gasteiger partial charge in [-0.1, -0.05) is 12.1 Å². The van der Waals surface area contributed by atoms with Crippen molar-refractivity contribution in [1.29, 1.82) is 0 Å². The summed E-state index contributed by atoms with van der Waals surface area (Å²) in [6, 6.07) is 5.98. The summed E-state index contributed by atoms with van der Waals surface area (Å²) in [6.07, 6.45) is -0.0253. The summed E-state index contributed by atoms with van der Waals surface area (Å²) in [6.45, 7) is 1.77. The molecule has 0 bridgehead atoms. The zero-order valence-electron chi connectivity index (χ0n) is 15.2. The Balaban J connectivity index is 1.77. The van der Waals surface area contributed by atoms with Gasteiger partial charge >= 0.3 is 5.97 Å². The first-order valence-corrected chi connectivity index (χ1v) is 9.62. The van der Waals surface area contributed by atoms with E-state index in [1.807, 2.05) is 19.1 Å². The largest absolute Gasteiger partial charge is 0.481 e. The number of benzene rings is 2.